The third-order valence-corrected chi connectivity index (χ3v) is 6.70. The summed E-state index contributed by atoms with van der Waals surface area (Å²) in [5.41, 5.74) is -2.68. The summed E-state index contributed by atoms with van der Waals surface area (Å²) in [6.07, 6.45) is 16.9. The lowest BCUT2D eigenvalue weighted by atomic mass is 9.80. The molecule has 38 heavy (non-hydrogen) atoms. The molecule has 8 nitrogen and oxygen atoms in total. The van der Waals surface area contributed by atoms with Crippen LogP contribution in [0.3, 0.4) is 0 Å². The summed E-state index contributed by atoms with van der Waals surface area (Å²) in [5.74, 6) is -5.65. The van der Waals surface area contributed by atoms with Crippen molar-refractivity contribution in [3.05, 3.63) is 0 Å². The number of carbonyl (C=O) groups excluding carboxylic acids is 4. The van der Waals surface area contributed by atoms with Crippen molar-refractivity contribution in [1.82, 2.24) is 0 Å². The van der Waals surface area contributed by atoms with Crippen LogP contribution in [0.4, 0.5) is 0 Å². The van der Waals surface area contributed by atoms with Gasteiger partial charge in [0.05, 0.1) is 26.2 Å². The second kappa shape index (κ2) is 23.0. The Balaban J connectivity index is 4.60. The maximum atomic E-state index is 13.1. The van der Waals surface area contributed by atoms with Gasteiger partial charge < -0.3 is 19.3 Å². The summed E-state index contributed by atoms with van der Waals surface area (Å²) in [5, 5.41) is 11.2. The van der Waals surface area contributed by atoms with Gasteiger partial charge in [-0.15, -0.1) is 0 Å². The number of ketones is 1. The van der Waals surface area contributed by atoms with E-state index in [1.807, 2.05) is 0 Å². The Morgan fingerprint density at radius 2 is 1.03 bits per heavy atom. The highest BCUT2D eigenvalue weighted by atomic mass is 16.6. The molecule has 0 amide bonds. The quantitative estimate of drug-likeness (QED) is 0.0623. The van der Waals surface area contributed by atoms with E-state index >= 15 is 0 Å². The van der Waals surface area contributed by atoms with E-state index in [-0.39, 0.29) is 26.2 Å². The number of carbonyl (C=O) groups is 4. The Bertz CT molecular complexity index is 663. The fraction of sp³-hybridized carbons (Fsp3) is 0.867. The molecule has 0 bridgehead atoms. The zero-order valence-electron chi connectivity index (χ0n) is 24.5. The lowest BCUT2D eigenvalue weighted by molar-refractivity contribution is -0.187. The number of hydrogen-bond donors (Lipinski definition) is 1. The van der Waals surface area contributed by atoms with Gasteiger partial charge in [-0.1, -0.05) is 96.8 Å². The fourth-order valence-corrected chi connectivity index (χ4v) is 4.61. The third-order valence-electron chi connectivity index (χ3n) is 6.70. The van der Waals surface area contributed by atoms with Gasteiger partial charge in [-0.25, -0.2) is 4.79 Å². The Morgan fingerprint density at radius 1 is 0.605 bits per heavy atom. The second-order valence-electron chi connectivity index (χ2n) is 9.98. The first kappa shape index (κ1) is 36.0. The van der Waals surface area contributed by atoms with Gasteiger partial charge in [-0.05, 0) is 27.2 Å². The van der Waals surface area contributed by atoms with Crippen molar-refractivity contribution >= 4 is 23.7 Å². The molecule has 0 aromatic heterocycles. The van der Waals surface area contributed by atoms with Crippen LogP contribution in [0.15, 0.2) is 0 Å². The van der Waals surface area contributed by atoms with E-state index in [4.69, 9.17) is 14.2 Å². The standard InChI is InChI=1S/C30H54O8/c1-5-9-10-11-12-13-14-15-16-17-18-19-20-21-22-23-25(31)27(28(33)37-7-3)30(35,29(34)38-8-4)24-26(32)36-6-2/h27,35H,5-24H2,1-4H3. The van der Waals surface area contributed by atoms with Crippen molar-refractivity contribution in [1.29, 1.82) is 0 Å². The van der Waals surface area contributed by atoms with Gasteiger partial charge in [0.2, 0.25) is 0 Å². The molecule has 2 atom stereocenters. The summed E-state index contributed by atoms with van der Waals surface area (Å²) in [6.45, 7) is 6.79. The van der Waals surface area contributed by atoms with E-state index in [2.05, 4.69) is 6.92 Å². The Morgan fingerprint density at radius 3 is 1.45 bits per heavy atom. The summed E-state index contributed by atoms with van der Waals surface area (Å²) in [7, 11) is 0. The average Bonchev–Trinajstić information content (AvgIpc) is 2.86. The van der Waals surface area contributed by atoms with Gasteiger partial charge >= 0.3 is 17.9 Å². The molecule has 0 fully saturated rings. The molecule has 0 aromatic rings. The van der Waals surface area contributed by atoms with Crippen molar-refractivity contribution in [2.75, 3.05) is 19.8 Å². The molecule has 0 radical (unpaired) electrons. The Hall–Kier alpha value is -1.96. The molecule has 1 N–H and O–H groups in total. The van der Waals surface area contributed by atoms with Gasteiger partial charge in [-0.2, -0.15) is 0 Å². The Kier molecular flexibility index (Phi) is 21.8. The van der Waals surface area contributed by atoms with Gasteiger partial charge in [-0.3, -0.25) is 14.4 Å². The van der Waals surface area contributed by atoms with E-state index in [9.17, 15) is 24.3 Å². The molecule has 222 valence electrons. The van der Waals surface area contributed by atoms with Gasteiger partial charge in [0, 0.05) is 6.42 Å². The molecular weight excluding hydrogens is 488 g/mol. The first-order chi connectivity index (χ1) is 18.3. The highest BCUT2D eigenvalue weighted by Crippen LogP contribution is 2.29. The molecule has 0 aliphatic carbocycles. The maximum absolute atomic E-state index is 13.1. The molecule has 2 unspecified atom stereocenters. The molecule has 0 saturated heterocycles. The maximum Gasteiger partial charge on any atom is 0.340 e. The SMILES string of the molecule is CCCCCCCCCCCCCCCCCC(=O)C(C(=O)OCC)C(O)(CC(=O)OCC)C(=O)OCC. The molecule has 0 spiro atoms. The van der Waals surface area contributed by atoms with Crippen molar-refractivity contribution in [3.8, 4) is 0 Å². The number of ether oxygens (including phenoxy) is 3. The van der Waals surface area contributed by atoms with Crippen LogP contribution < -0.4 is 0 Å². The molecule has 8 heteroatoms. The average molecular weight is 543 g/mol. The second-order valence-corrected chi connectivity index (χ2v) is 9.98. The smallest absolute Gasteiger partial charge is 0.340 e. The van der Waals surface area contributed by atoms with Gasteiger partial charge in [0.25, 0.3) is 0 Å². The number of esters is 3. The first-order valence-electron chi connectivity index (χ1n) is 15.0. The summed E-state index contributed by atoms with van der Waals surface area (Å²) in [4.78, 5) is 50.5. The zero-order chi connectivity index (χ0) is 28.7. The van der Waals surface area contributed by atoms with Crippen LogP contribution in [0, 0.1) is 5.92 Å². The number of unbranched alkanes of at least 4 members (excludes halogenated alkanes) is 14. The van der Waals surface area contributed by atoms with Crippen LogP contribution in [-0.2, 0) is 33.4 Å². The molecule has 0 aliphatic heterocycles. The largest absolute Gasteiger partial charge is 0.466 e. The number of rotatable bonds is 25. The van der Waals surface area contributed by atoms with Crippen LogP contribution in [0.5, 0.6) is 0 Å². The minimum atomic E-state index is -2.68. The van der Waals surface area contributed by atoms with Crippen LogP contribution >= 0.6 is 0 Å². The van der Waals surface area contributed by atoms with E-state index in [1.165, 1.54) is 71.1 Å². The lowest BCUT2D eigenvalue weighted by Gasteiger charge is -2.30. The Labute approximate surface area is 230 Å². The first-order valence-corrected chi connectivity index (χ1v) is 15.0. The zero-order valence-corrected chi connectivity index (χ0v) is 24.5. The predicted octanol–water partition coefficient (Wildman–Crippen LogP) is 6.24. The molecule has 0 heterocycles. The van der Waals surface area contributed by atoms with Crippen molar-refractivity contribution in [2.45, 2.75) is 142 Å². The van der Waals surface area contributed by atoms with Crippen molar-refractivity contribution < 1.29 is 38.5 Å². The topological polar surface area (TPSA) is 116 Å². The van der Waals surface area contributed by atoms with Crippen molar-refractivity contribution in [2.24, 2.45) is 5.92 Å². The summed E-state index contributed by atoms with van der Waals surface area (Å²) in [6, 6.07) is 0. The number of hydrogen-bond acceptors (Lipinski definition) is 8. The highest BCUT2D eigenvalue weighted by Gasteiger charge is 2.55. The monoisotopic (exact) mass is 542 g/mol. The third kappa shape index (κ3) is 15.5. The van der Waals surface area contributed by atoms with E-state index in [0.29, 0.717) is 6.42 Å². The van der Waals surface area contributed by atoms with Gasteiger partial charge in [0.1, 0.15) is 0 Å². The van der Waals surface area contributed by atoms with E-state index < -0.39 is 41.6 Å². The summed E-state index contributed by atoms with van der Waals surface area (Å²) < 4.78 is 14.8. The summed E-state index contributed by atoms with van der Waals surface area (Å²) >= 11 is 0. The van der Waals surface area contributed by atoms with E-state index in [1.54, 1.807) is 13.8 Å². The number of aliphatic hydroxyl groups is 1. The lowest BCUT2D eigenvalue weighted by Crippen LogP contribution is -2.55. The minimum Gasteiger partial charge on any atom is -0.466 e. The van der Waals surface area contributed by atoms with Crippen molar-refractivity contribution in [3.63, 3.8) is 0 Å². The van der Waals surface area contributed by atoms with E-state index in [0.717, 1.165) is 25.7 Å². The molecule has 0 aliphatic rings. The molecule has 0 saturated carbocycles. The van der Waals surface area contributed by atoms with Crippen LogP contribution in [0.1, 0.15) is 137 Å². The normalized spacial score (nSPS) is 13.4. The van der Waals surface area contributed by atoms with Crippen LogP contribution in [0.25, 0.3) is 0 Å². The minimum absolute atomic E-state index is 0.00766. The van der Waals surface area contributed by atoms with Gasteiger partial charge in [0.15, 0.2) is 17.3 Å². The van der Waals surface area contributed by atoms with Crippen LogP contribution in [0.2, 0.25) is 0 Å². The molecule has 0 rings (SSSR count). The highest BCUT2D eigenvalue weighted by molar-refractivity contribution is 6.06. The van der Waals surface area contributed by atoms with Crippen LogP contribution in [-0.4, -0.2) is 54.2 Å². The fourth-order valence-electron chi connectivity index (χ4n) is 4.61. The molecular formula is C30H54O8. The number of Topliss-reactive ketones (excluding diaryl/α,β-unsaturated/α-hetero) is 1. The predicted molar refractivity (Wildman–Crippen MR) is 148 cm³/mol. The molecule has 0 aromatic carbocycles.